The summed E-state index contributed by atoms with van der Waals surface area (Å²) in [6, 6.07) is 24.0. The van der Waals surface area contributed by atoms with Crippen LogP contribution in [0.3, 0.4) is 0 Å². The molecule has 7 rings (SSSR count). The van der Waals surface area contributed by atoms with Gasteiger partial charge in [-0.05, 0) is 34.4 Å². The molecule has 2 bridgehead atoms. The van der Waals surface area contributed by atoms with E-state index >= 15 is 0 Å². The van der Waals surface area contributed by atoms with E-state index in [2.05, 4.69) is 0 Å². The van der Waals surface area contributed by atoms with Gasteiger partial charge in [0, 0.05) is 0 Å². The Morgan fingerprint density at radius 1 is 0.759 bits per heavy atom. The number of aromatic nitrogens is 3. The topological polar surface area (TPSA) is 69.2 Å². The number of benzene rings is 3. The molecule has 142 valence electrons. The second-order valence-electron chi connectivity index (χ2n) is 7.49. The Labute approximate surface area is 165 Å². The molecular formula is C23H17N3O3. The SMILES string of the molecule is O=c1n(-c2ccccc2)c(=O)n2n1C1c3ccccc3C2(CO)c2ccccc21. The molecule has 0 fully saturated rings. The number of aliphatic hydroxyl groups is 1. The summed E-state index contributed by atoms with van der Waals surface area (Å²) in [7, 11) is 0. The lowest BCUT2D eigenvalue weighted by Gasteiger charge is -2.49. The minimum atomic E-state index is -1.14. The van der Waals surface area contributed by atoms with Gasteiger partial charge in [-0.25, -0.2) is 23.5 Å². The zero-order valence-corrected chi connectivity index (χ0v) is 15.4. The van der Waals surface area contributed by atoms with Crippen LogP contribution in [0, 0.1) is 0 Å². The molecule has 3 aromatic carbocycles. The van der Waals surface area contributed by atoms with Crippen LogP contribution in [0.2, 0.25) is 0 Å². The van der Waals surface area contributed by atoms with E-state index in [-0.39, 0.29) is 6.61 Å². The average Bonchev–Trinajstić information content (AvgIpc) is 3.05. The molecule has 0 radical (unpaired) electrons. The molecule has 0 atom stereocenters. The highest BCUT2D eigenvalue weighted by atomic mass is 16.3. The number of hydrogen-bond donors (Lipinski definition) is 1. The van der Waals surface area contributed by atoms with E-state index in [1.807, 2.05) is 54.6 Å². The Morgan fingerprint density at radius 3 is 1.90 bits per heavy atom. The maximum atomic E-state index is 13.6. The summed E-state index contributed by atoms with van der Waals surface area (Å²) in [5.41, 5.74) is 2.10. The van der Waals surface area contributed by atoms with Gasteiger partial charge in [0.15, 0.2) is 0 Å². The van der Waals surface area contributed by atoms with Crippen molar-refractivity contribution in [3.63, 3.8) is 0 Å². The van der Waals surface area contributed by atoms with Gasteiger partial charge in [0.2, 0.25) is 0 Å². The second-order valence-corrected chi connectivity index (χ2v) is 7.49. The number of para-hydroxylation sites is 1. The smallest absolute Gasteiger partial charge is 0.353 e. The molecule has 6 nitrogen and oxygen atoms in total. The van der Waals surface area contributed by atoms with Crippen LogP contribution >= 0.6 is 0 Å². The summed E-state index contributed by atoms with van der Waals surface area (Å²) < 4.78 is 4.16. The molecule has 0 unspecified atom stereocenters. The van der Waals surface area contributed by atoms with Gasteiger partial charge in [-0.1, -0.05) is 66.7 Å². The largest absolute Gasteiger partial charge is 0.393 e. The van der Waals surface area contributed by atoms with Crippen molar-refractivity contribution in [1.29, 1.82) is 0 Å². The molecule has 2 aliphatic heterocycles. The molecule has 6 heteroatoms. The number of nitrogens with zero attached hydrogens (tertiary/aromatic N) is 3. The van der Waals surface area contributed by atoms with Gasteiger partial charge < -0.3 is 5.11 Å². The lowest BCUT2D eigenvalue weighted by molar-refractivity contribution is 0.137. The molecule has 1 N–H and O–H groups in total. The van der Waals surface area contributed by atoms with Crippen LogP contribution in [0.25, 0.3) is 5.69 Å². The summed E-state index contributed by atoms with van der Waals surface area (Å²) in [5, 5.41) is 10.7. The highest BCUT2D eigenvalue weighted by Crippen LogP contribution is 2.51. The van der Waals surface area contributed by atoms with Crippen LogP contribution in [-0.4, -0.2) is 25.6 Å². The van der Waals surface area contributed by atoms with Crippen molar-refractivity contribution in [3.05, 3.63) is 122 Å². The molecule has 0 saturated heterocycles. The quantitative estimate of drug-likeness (QED) is 0.574. The summed E-state index contributed by atoms with van der Waals surface area (Å²) in [5.74, 6) is 0. The molecule has 0 saturated carbocycles. The Hall–Kier alpha value is -3.64. The van der Waals surface area contributed by atoms with E-state index in [0.717, 1.165) is 22.3 Å². The maximum Gasteiger partial charge on any atom is 0.353 e. The van der Waals surface area contributed by atoms with Gasteiger partial charge in [0.25, 0.3) is 0 Å². The zero-order valence-electron chi connectivity index (χ0n) is 15.4. The van der Waals surface area contributed by atoms with E-state index in [1.165, 1.54) is 13.9 Å². The van der Waals surface area contributed by atoms with Crippen molar-refractivity contribution in [1.82, 2.24) is 13.9 Å². The van der Waals surface area contributed by atoms with Gasteiger partial charge in [-0.2, -0.15) is 0 Å². The first-order valence-electron chi connectivity index (χ1n) is 9.52. The molecule has 3 heterocycles. The third kappa shape index (κ3) is 1.75. The zero-order chi connectivity index (χ0) is 19.8. The van der Waals surface area contributed by atoms with Crippen LogP contribution < -0.4 is 11.4 Å². The van der Waals surface area contributed by atoms with Crippen LogP contribution in [0.5, 0.6) is 0 Å². The van der Waals surface area contributed by atoms with Gasteiger partial charge in [-0.3, -0.25) is 0 Å². The van der Waals surface area contributed by atoms with Gasteiger partial charge >= 0.3 is 11.4 Å². The predicted octanol–water partition coefficient (Wildman–Crippen LogP) is 1.85. The molecule has 3 aliphatic rings. The maximum absolute atomic E-state index is 13.6. The van der Waals surface area contributed by atoms with E-state index in [9.17, 15) is 14.7 Å². The third-order valence-corrected chi connectivity index (χ3v) is 6.23. The Balaban J connectivity index is 1.82. The summed E-state index contributed by atoms with van der Waals surface area (Å²) in [6.07, 6.45) is 0. The summed E-state index contributed by atoms with van der Waals surface area (Å²) >= 11 is 0. The van der Waals surface area contributed by atoms with E-state index < -0.39 is 23.0 Å². The Morgan fingerprint density at radius 2 is 1.31 bits per heavy atom. The van der Waals surface area contributed by atoms with E-state index in [4.69, 9.17) is 0 Å². The number of rotatable bonds is 2. The first-order chi connectivity index (χ1) is 14.2. The minimum Gasteiger partial charge on any atom is -0.393 e. The first-order valence-corrected chi connectivity index (χ1v) is 9.52. The van der Waals surface area contributed by atoms with E-state index in [1.54, 1.807) is 24.3 Å². The highest BCUT2D eigenvalue weighted by Gasteiger charge is 2.54. The number of aliphatic hydroxyl groups excluding tert-OH is 1. The van der Waals surface area contributed by atoms with E-state index in [0.29, 0.717) is 5.69 Å². The molecule has 1 aliphatic carbocycles. The fourth-order valence-electron chi connectivity index (χ4n) is 5.09. The average molecular weight is 383 g/mol. The monoisotopic (exact) mass is 383 g/mol. The standard InChI is InChI=1S/C23H17N3O3/c27-14-23-18-12-6-4-10-16(18)20(17-11-5-7-13-19(17)23)25-21(28)24(22(29)26(23)25)15-8-2-1-3-9-15/h1-13,20,27H,14H2. The van der Waals surface area contributed by atoms with Crippen LogP contribution in [0.1, 0.15) is 28.3 Å². The fourth-order valence-corrected chi connectivity index (χ4v) is 5.09. The van der Waals surface area contributed by atoms with Crippen LogP contribution in [0.4, 0.5) is 0 Å². The molecule has 0 spiro atoms. The number of hydrogen-bond acceptors (Lipinski definition) is 3. The summed E-state index contributed by atoms with van der Waals surface area (Å²) in [4.78, 5) is 27.1. The first kappa shape index (κ1) is 16.3. The van der Waals surface area contributed by atoms with Gasteiger partial charge in [0.05, 0.1) is 12.3 Å². The van der Waals surface area contributed by atoms with Crippen molar-refractivity contribution in [3.8, 4) is 5.69 Å². The molecule has 0 amide bonds. The lowest BCUT2D eigenvalue weighted by Crippen LogP contribution is -2.57. The van der Waals surface area contributed by atoms with Gasteiger partial charge in [0.1, 0.15) is 11.6 Å². The van der Waals surface area contributed by atoms with Crippen molar-refractivity contribution >= 4 is 0 Å². The van der Waals surface area contributed by atoms with Crippen LogP contribution in [0.15, 0.2) is 88.5 Å². The minimum absolute atomic E-state index is 0.327. The molecule has 1 aromatic heterocycles. The van der Waals surface area contributed by atoms with Crippen molar-refractivity contribution in [2.75, 3.05) is 6.61 Å². The Bertz CT molecular complexity index is 1350. The molecule has 29 heavy (non-hydrogen) atoms. The molecule has 4 aromatic rings. The normalized spacial score (nSPS) is 20.8. The van der Waals surface area contributed by atoms with Crippen molar-refractivity contribution < 1.29 is 5.11 Å². The molecular weight excluding hydrogens is 366 g/mol. The highest BCUT2D eigenvalue weighted by molar-refractivity contribution is 5.58. The Kier molecular flexibility index (Phi) is 3.07. The lowest BCUT2D eigenvalue weighted by atomic mass is 9.69. The van der Waals surface area contributed by atoms with Gasteiger partial charge in [-0.15, -0.1) is 0 Å². The van der Waals surface area contributed by atoms with Crippen molar-refractivity contribution in [2.24, 2.45) is 0 Å². The predicted molar refractivity (Wildman–Crippen MR) is 108 cm³/mol. The van der Waals surface area contributed by atoms with Crippen LogP contribution in [-0.2, 0) is 5.54 Å². The fraction of sp³-hybridized carbons (Fsp3) is 0.130. The second kappa shape index (κ2) is 5.46. The third-order valence-electron chi connectivity index (χ3n) is 6.23. The summed E-state index contributed by atoms with van der Waals surface area (Å²) in [6.45, 7) is -0.327. The van der Waals surface area contributed by atoms with Crippen molar-refractivity contribution in [2.45, 2.75) is 11.6 Å².